The molecule has 0 saturated heterocycles. The lowest BCUT2D eigenvalue weighted by atomic mass is 10.1. The first-order valence-electron chi connectivity index (χ1n) is 7.84. The van der Waals surface area contributed by atoms with Crippen molar-refractivity contribution in [2.24, 2.45) is 0 Å². The number of hydrogen-bond acceptors (Lipinski definition) is 4. The molecule has 128 valence electrons. The zero-order valence-corrected chi connectivity index (χ0v) is 14.6. The average Bonchev–Trinajstić information content (AvgIpc) is 2.64. The molecule has 5 heteroatoms. The van der Waals surface area contributed by atoms with Crippen LogP contribution < -0.4 is 15.0 Å². The lowest BCUT2D eigenvalue weighted by Gasteiger charge is -2.12. The van der Waals surface area contributed by atoms with Crippen LogP contribution in [0.4, 0.5) is 5.69 Å². The summed E-state index contributed by atoms with van der Waals surface area (Å²) in [6.07, 6.45) is 1.59. The van der Waals surface area contributed by atoms with Crippen molar-refractivity contribution in [1.29, 1.82) is 5.26 Å². The van der Waals surface area contributed by atoms with Gasteiger partial charge in [0.25, 0.3) is 5.91 Å². The number of nitriles is 1. The van der Waals surface area contributed by atoms with E-state index in [2.05, 4.69) is 5.32 Å². The monoisotopic (exact) mass is 335 g/mol. The van der Waals surface area contributed by atoms with Crippen molar-refractivity contribution in [3.8, 4) is 11.8 Å². The van der Waals surface area contributed by atoms with E-state index in [1.54, 1.807) is 13.2 Å². The van der Waals surface area contributed by atoms with Gasteiger partial charge in [0.05, 0.1) is 7.11 Å². The van der Waals surface area contributed by atoms with Crippen molar-refractivity contribution < 1.29 is 9.53 Å². The third-order valence-corrected chi connectivity index (χ3v) is 3.70. The average molecular weight is 335 g/mol. The molecular formula is C20H21N3O2. The van der Waals surface area contributed by atoms with Gasteiger partial charge in [-0.05, 0) is 41.5 Å². The highest BCUT2D eigenvalue weighted by atomic mass is 16.5. The molecule has 0 aliphatic rings. The lowest BCUT2D eigenvalue weighted by molar-refractivity contribution is -0.117. The molecule has 0 unspecified atom stereocenters. The first kappa shape index (κ1) is 18.1. The van der Waals surface area contributed by atoms with Gasteiger partial charge in [-0.2, -0.15) is 5.26 Å². The van der Waals surface area contributed by atoms with Crippen LogP contribution in [-0.2, 0) is 11.3 Å². The summed E-state index contributed by atoms with van der Waals surface area (Å²) in [4.78, 5) is 14.2. The predicted octanol–water partition coefficient (Wildman–Crippen LogP) is 2.98. The van der Waals surface area contributed by atoms with Gasteiger partial charge in [-0.3, -0.25) is 4.79 Å². The summed E-state index contributed by atoms with van der Waals surface area (Å²) in [6.45, 7) is 0.349. The highest BCUT2D eigenvalue weighted by Gasteiger charge is 2.09. The fourth-order valence-corrected chi connectivity index (χ4v) is 2.20. The maximum Gasteiger partial charge on any atom is 0.262 e. The van der Waals surface area contributed by atoms with Gasteiger partial charge in [0.1, 0.15) is 17.4 Å². The van der Waals surface area contributed by atoms with Crippen LogP contribution in [0.3, 0.4) is 0 Å². The molecule has 0 aliphatic carbocycles. The van der Waals surface area contributed by atoms with E-state index in [0.29, 0.717) is 6.54 Å². The zero-order valence-electron chi connectivity index (χ0n) is 14.6. The van der Waals surface area contributed by atoms with Crippen LogP contribution in [0.15, 0.2) is 54.1 Å². The second-order valence-corrected chi connectivity index (χ2v) is 5.69. The smallest absolute Gasteiger partial charge is 0.262 e. The second kappa shape index (κ2) is 8.55. The summed E-state index contributed by atoms with van der Waals surface area (Å²) in [5.74, 6) is 0.365. The molecule has 0 atom stereocenters. The highest BCUT2D eigenvalue weighted by Crippen LogP contribution is 2.15. The number of benzene rings is 2. The van der Waals surface area contributed by atoms with Gasteiger partial charge in [-0.1, -0.05) is 24.3 Å². The first-order chi connectivity index (χ1) is 12.0. The summed E-state index contributed by atoms with van der Waals surface area (Å²) >= 11 is 0. The molecule has 0 saturated carbocycles. The van der Waals surface area contributed by atoms with Crippen LogP contribution in [0.5, 0.6) is 5.75 Å². The maximum absolute atomic E-state index is 12.2. The molecule has 0 aliphatic heterocycles. The summed E-state index contributed by atoms with van der Waals surface area (Å²) in [6, 6.07) is 17.0. The molecule has 0 aromatic heterocycles. The van der Waals surface area contributed by atoms with Gasteiger partial charge in [0.15, 0.2) is 0 Å². The third kappa shape index (κ3) is 5.11. The molecule has 1 amide bonds. The Balaban J connectivity index is 2.03. The molecule has 0 bridgehead atoms. The number of nitrogens with one attached hydrogen (secondary N) is 1. The molecule has 5 nitrogen and oxygen atoms in total. The van der Waals surface area contributed by atoms with Crippen molar-refractivity contribution in [2.75, 3.05) is 26.1 Å². The standard InChI is InChI=1S/C20H21N3O2/c1-23(2)18-8-4-15(5-9-18)12-17(13-21)20(24)22-14-16-6-10-19(25-3)11-7-16/h4-12H,14H2,1-3H3,(H,22,24)/b17-12+. The number of ether oxygens (including phenoxy) is 1. The number of amides is 1. The van der Waals surface area contributed by atoms with E-state index >= 15 is 0 Å². The number of anilines is 1. The Hall–Kier alpha value is -3.26. The molecule has 0 spiro atoms. The van der Waals surface area contributed by atoms with Crippen LogP contribution in [0.2, 0.25) is 0 Å². The van der Waals surface area contributed by atoms with E-state index in [9.17, 15) is 10.1 Å². The number of rotatable bonds is 6. The molecule has 0 heterocycles. The lowest BCUT2D eigenvalue weighted by Crippen LogP contribution is -2.23. The third-order valence-electron chi connectivity index (χ3n) is 3.70. The van der Waals surface area contributed by atoms with Crippen LogP contribution in [0.1, 0.15) is 11.1 Å². The molecule has 2 rings (SSSR count). The maximum atomic E-state index is 12.2. The van der Waals surface area contributed by atoms with E-state index in [1.165, 1.54) is 0 Å². The van der Waals surface area contributed by atoms with E-state index in [0.717, 1.165) is 22.6 Å². The van der Waals surface area contributed by atoms with E-state index in [1.807, 2.05) is 73.6 Å². The van der Waals surface area contributed by atoms with E-state index in [-0.39, 0.29) is 5.57 Å². The number of carbonyl (C=O) groups excluding carboxylic acids is 1. The van der Waals surface area contributed by atoms with Crippen molar-refractivity contribution in [1.82, 2.24) is 5.32 Å². The van der Waals surface area contributed by atoms with Gasteiger partial charge in [-0.15, -0.1) is 0 Å². The Morgan fingerprint density at radius 1 is 1.16 bits per heavy atom. The number of nitrogens with zero attached hydrogens (tertiary/aromatic N) is 2. The molecular weight excluding hydrogens is 314 g/mol. The van der Waals surface area contributed by atoms with Gasteiger partial charge >= 0.3 is 0 Å². The fourth-order valence-electron chi connectivity index (χ4n) is 2.20. The van der Waals surface area contributed by atoms with Crippen molar-refractivity contribution in [2.45, 2.75) is 6.54 Å². The number of methoxy groups -OCH3 is 1. The van der Waals surface area contributed by atoms with Crippen molar-refractivity contribution >= 4 is 17.7 Å². The van der Waals surface area contributed by atoms with Gasteiger partial charge in [0, 0.05) is 26.3 Å². The van der Waals surface area contributed by atoms with Crippen LogP contribution in [0.25, 0.3) is 6.08 Å². The highest BCUT2D eigenvalue weighted by molar-refractivity contribution is 6.01. The Bertz CT molecular complexity index is 785. The largest absolute Gasteiger partial charge is 0.497 e. The minimum Gasteiger partial charge on any atom is -0.497 e. The van der Waals surface area contributed by atoms with Gasteiger partial charge in [0.2, 0.25) is 0 Å². The fraction of sp³-hybridized carbons (Fsp3) is 0.200. The molecule has 0 radical (unpaired) electrons. The summed E-state index contributed by atoms with van der Waals surface area (Å²) in [7, 11) is 5.52. The molecule has 0 fully saturated rings. The summed E-state index contributed by atoms with van der Waals surface area (Å²) in [5.41, 5.74) is 2.87. The van der Waals surface area contributed by atoms with Crippen LogP contribution in [0, 0.1) is 11.3 Å². The first-order valence-corrected chi connectivity index (χ1v) is 7.84. The Morgan fingerprint density at radius 2 is 1.80 bits per heavy atom. The molecule has 2 aromatic carbocycles. The van der Waals surface area contributed by atoms with Crippen molar-refractivity contribution in [3.05, 3.63) is 65.2 Å². The Labute approximate surface area is 148 Å². The van der Waals surface area contributed by atoms with Crippen LogP contribution in [-0.4, -0.2) is 27.1 Å². The quantitative estimate of drug-likeness (QED) is 0.651. The van der Waals surface area contributed by atoms with Gasteiger partial charge in [-0.25, -0.2) is 0 Å². The zero-order chi connectivity index (χ0) is 18.2. The SMILES string of the molecule is COc1ccc(CNC(=O)/C(C#N)=C/c2ccc(N(C)C)cc2)cc1. The predicted molar refractivity (Wildman–Crippen MR) is 99.2 cm³/mol. The van der Waals surface area contributed by atoms with E-state index in [4.69, 9.17) is 4.74 Å². The number of carbonyl (C=O) groups is 1. The minimum atomic E-state index is -0.394. The topological polar surface area (TPSA) is 65.4 Å². The van der Waals surface area contributed by atoms with Crippen molar-refractivity contribution in [3.63, 3.8) is 0 Å². The summed E-state index contributed by atoms with van der Waals surface area (Å²) < 4.78 is 5.10. The second-order valence-electron chi connectivity index (χ2n) is 5.69. The Kier molecular flexibility index (Phi) is 6.19. The van der Waals surface area contributed by atoms with Gasteiger partial charge < -0.3 is 15.0 Å². The Morgan fingerprint density at radius 3 is 2.32 bits per heavy atom. The van der Waals surface area contributed by atoms with Crippen LogP contribution >= 0.6 is 0 Å². The minimum absolute atomic E-state index is 0.0751. The molecule has 25 heavy (non-hydrogen) atoms. The summed E-state index contributed by atoms with van der Waals surface area (Å²) in [5, 5.41) is 12.0. The van der Waals surface area contributed by atoms with E-state index < -0.39 is 5.91 Å². The number of hydrogen-bond donors (Lipinski definition) is 1. The normalized spacial score (nSPS) is 10.7. The molecule has 2 aromatic rings. The molecule has 1 N–H and O–H groups in total.